The second-order valence-electron chi connectivity index (χ2n) is 5.48. The number of aromatic nitrogens is 4. The molecule has 2 N–H and O–H groups in total. The molecule has 3 aromatic rings. The quantitative estimate of drug-likeness (QED) is 0.454. The second kappa shape index (κ2) is 9.20. The number of hydrazone groups is 1. The highest BCUT2D eigenvalue weighted by Gasteiger charge is 2.02. The van der Waals surface area contributed by atoms with E-state index in [0.717, 1.165) is 5.56 Å². The molecule has 2 aromatic heterocycles. The van der Waals surface area contributed by atoms with E-state index in [-0.39, 0.29) is 12.5 Å². The molecule has 27 heavy (non-hydrogen) atoms. The Morgan fingerprint density at radius 1 is 1.22 bits per heavy atom. The lowest BCUT2D eigenvalue weighted by molar-refractivity contribution is 0.0955. The van der Waals surface area contributed by atoms with Crippen LogP contribution in [0.1, 0.15) is 21.6 Å². The first-order valence-corrected chi connectivity index (χ1v) is 8.21. The number of nitrogens with zero attached hydrogens (tertiary/aromatic N) is 5. The van der Waals surface area contributed by atoms with Crippen LogP contribution in [0, 0.1) is 0 Å². The van der Waals surface area contributed by atoms with Crippen LogP contribution in [0.5, 0.6) is 5.75 Å². The monoisotopic (exact) mass is 366 g/mol. The van der Waals surface area contributed by atoms with Gasteiger partial charge in [0.1, 0.15) is 18.1 Å². The first-order valence-electron chi connectivity index (χ1n) is 8.21. The summed E-state index contributed by atoms with van der Waals surface area (Å²) in [7, 11) is 0. The Morgan fingerprint density at radius 2 is 2.00 bits per heavy atom. The molecule has 0 atom stereocenters. The maximum absolute atomic E-state index is 11.8. The van der Waals surface area contributed by atoms with Crippen molar-refractivity contribution in [3.63, 3.8) is 0 Å². The van der Waals surface area contributed by atoms with Gasteiger partial charge in [0, 0.05) is 18.0 Å². The highest BCUT2D eigenvalue weighted by molar-refractivity contribution is 5.94. The number of benzene rings is 1. The Kier molecular flexibility index (Phi) is 6.21. The zero-order valence-corrected chi connectivity index (χ0v) is 14.4. The lowest BCUT2D eigenvalue weighted by atomic mass is 10.2. The van der Waals surface area contributed by atoms with Gasteiger partial charge in [0.15, 0.2) is 0 Å². The van der Waals surface area contributed by atoms with Gasteiger partial charge in [0.25, 0.3) is 5.91 Å². The summed E-state index contributed by atoms with van der Waals surface area (Å²) in [6, 6.07) is 10.5. The van der Waals surface area contributed by atoms with Crippen LogP contribution in [0.25, 0.3) is 0 Å². The van der Waals surface area contributed by atoms with Crippen LogP contribution in [0.4, 0.5) is 0 Å². The fourth-order valence-electron chi connectivity index (χ4n) is 2.16. The maximum Gasteiger partial charge on any atom is 0.271 e. The first-order chi connectivity index (χ1) is 13.2. The van der Waals surface area contributed by atoms with Gasteiger partial charge in [0.05, 0.1) is 25.6 Å². The summed E-state index contributed by atoms with van der Waals surface area (Å²) in [4.78, 5) is 15.7. The summed E-state index contributed by atoms with van der Waals surface area (Å²) in [5.74, 6) is 0.404. The number of amides is 1. The molecule has 0 aliphatic carbocycles. The van der Waals surface area contributed by atoms with Gasteiger partial charge < -0.3 is 9.84 Å². The highest BCUT2D eigenvalue weighted by Crippen LogP contribution is 2.11. The van der Waals surface area contributed by atoms with Gasteiger partial charge in [-0.3, -0.25) is 9.78 Å². The Morgan fingerprint density at radius 3 is 2.70 bits per heavy atom. The molecule has 2 heterocycles. The van der Waals surface area contributed by atoms with Crippen molar-refractivity contribution in [2.75, 3.05) is 6.61 Å². The third-order valence-electron chi connectivity index (χ3n) is 3.54. The molecule has 9 heteroatoms. The molecule has 0 aliphatic rings. The number of hydrogen-bond acceptors (Lipinski definition) is 7. The molecule has 0 bridgehead atoms. The van der Waals surface area contributed by atoms with Crippen LogP contribution >= 0.6 is 0 Å². The fraction of sp³-hybridized carbons (Fsp3) is 0.167. The van der Waals surface area contributed by atoms with E-state index in [0.29, 0.717) is 30.2 Å². The van der Waals surface area contributed by atoms with E-state index in [4.69, 9.17) is 9.84 Å². The van der Waals surface area contributed by atoms with Crippen molar-refractivity contribution in [3.8, 4) is 5.75 Å². The number of aliphatic hydroxyl groups excluding tert-OH is 1. The van der Waals surface area contributed by atoms with Gasteiger partial charge >= 0.3 is 0 Å². The molecule has 138 valence electrons. The average Bonchev–Trinajstić information content (AvgIpc) is 3.18. The van der Waals surface area contributed by atoms with Crippen molar-refractivity contribution in [1.82, 2.24) is 25.4 Å². The molecule has 0 spiro atoms. The number of carbonyl (C=O) groups is 1. The minimum atomic E-state index is -0.300. The standard InChI is InChI=1S/C18H18N6O3/c25-13-16-12-24(23-21-16)9-10-27-17-3-1-14(2-4-17)11-20-22-18(26)15-5-7-19-8-6-15/h1-8,11-12,25H,9-10,13H2,(H,22,26)/b20-11+. The molecule has 9 nitrogen and oxygen atoms in total. The molecule has 0 fully saturated rings. The van der Waals surface area contributed by atoms with Crippen molar-refractivity contribution in [2.45, 2.75) is 13.2 Å². The van der Waals surface area contributed by atoms with E-state index in [9.17, 15) is 4.79 Å². The zero-order valence-electron chi connectivity index (χ0n) is 14.4. The van der Waals surface area contributed by atoms with Crippen LogP contribution in [0.2, 0.25) is 0 Å². The number of carbonyl (C=O) groups excluding carboxylic acids is 1. The highest BCUT2D eigenvalue weighted by atomic mass is 16.5. The van der Waals surface area contributed by atoms with Crippen LogP contribution in [0.3, 0.4) is 0 Å². The first kappa shape index (κ1) is 18.2. The topological polar surface area (TPSA) is 115 Å². The summed E-state index contributed by atoms with van der Waals surface area (Å²) < 4.78 is 7.25. The Bertz CT molecular complexity index is 893. The SMILES string of the molecule is O=C(N/N=C/c1ccc(OCCn2cc(CO)nn2)cc1)c1ccncc1. The average molecular weight is 366 g/mol. The summed E-state index contributed by atoms with van der Waals surface area (Å²) in [5.41, 5.74) is 4.29. The normalized spacial score (nSPS) is 10.9. The van der Waals surface area contributed by atoms with Gasteiger partial charge in [-0.2, -0.15) is 5.10 Å². The van der Waals surface area contributed by atoms with Gasteiger partial charge in [-0.25, -0.2) is 10.1 Å². The summed E-state index contributed by atoms with van der Waals surface area (Å²) in [6.45, 7) is 0.813. The van der Waals surface area contributed by atoms with E-state index < -0.39 is 0 Å². The van der Waals surface area contributed by atoms with Crippen molar-refractivity contribution < 1.29 is 14.6 Å². The van der Waals surface area contributed by atoms with E-state index in [1.54, 1.807) is 41.6 Å². The fourth-order valence-corrected chi connectivity index (χ4v) is 2.16. The molecular formula is C18H18N6O3. The Hall–Kier alpha value is -3.59. The summed E-state index contributed by atoms with van der Waals surface area (Å²) in [5, 5.41) is 20.5. The molecule has 0 saturated heterocycles. The van der Waals surface area contributed by atoms with Crippen LogP contribution in [0.15, 0.2) is 60.1 Å². The smallest absolute Gasteiger partial charge is 0.271 e. The van der Waals surface area contributed by atoms with Gasteiger partial charge in [-0.05, 0) is 42.0 Å². The minimum Gasteiger partial charge on any atom is -0.492 e. The van der Waals surface area contributed by atoms with Gasteiger partial charge in [-0.1, -0.05) is 5.21 Å². The predicted octanol–water partition coefficient (Wildman–Crippen LogP) is 1.01. The van der Waals surface area contributed by atoms with Gasteiger partial charge in [-0.15, -0.1) is 5.10 Å². The summed E-state index contributed by atoms with van der Waals surface area (Å²) >= 11 is 0. The van der Waals surface area contributed by atoms with Crippen LogP contribution in [-0.2, 0) is 13.2 Å². The third kappa shape index (κ3) is 5.44. The lowest BCUT2D eigenvalue weighted by Gasteiger charge is -2.06. The molecule has 0 unspecified atom stereocenters. The van der Waals surface area contributed by atoms with E-state index in [1.165, 1.54) is 0 Å². The molecule has 0 radical (unpaired) electrons. The second-order valence-corrected chi connectivity index (χ2v) is 5.48. The molecule has 0 aliphatic heterocycles. The maximum atomic E-state index is 11.8. The predicted molar refractivity (Wildman–Crippen MR) is 97.2 cm³/mol. The van der Waals surface area contributed by atoms with Crippen LogP contribution in [-0.4, -0.2) is 43.8 Å². The van der Waals surface area contributed by atoms with Crippen molar-refractivity contribution in [3.05, 3.63) is 71.8 Å². The number of rotatable bonds is 8. The molecular weight excluding hydrogens is 348 g/mol. The number of nitrogens with one attached hydrogen (secondary N) is 1. The van der Waals surface area contributed by atoms with Gasteiger partial charge in [0.2, 0.25) is 0 Å². The van der Waals surface area contributed by atoms with Crippen molar-refractivity contribution in [2.24, 2.45) is 5.10 Å². The van der Waals surface area contributed by atoms with Crippen LogP contribution < -0.4 is 10.2 Å². The Labute approximate surface area is 155 Å². The molecule has 3 rings (SSSR count). The molecule has 1 aromatic carbocycles. The number of ether oxygens (including phenoxy) is 1. The Balaban J connectivity index is 1.44. The zero-order chi connectivity index (χ0) is 18.9. The number of aliphatic hydroxyl groups is 1. The lowest BCUT2D eigenvalue weighted by Crippen LogP contribution is -2.17. The minimum absolute atomic E-state index is 0.132. The number of pyridine rings is 1. The van der Waals surface area contributed by atoms with Crippen molar-refractivity contribution >= 4 is 12.1 Å². The van der Waals surface area contributed by atoms with E-state index in [2.05, 4.69) is 25.8 Å². The summed E-state index contributed by atoms with van der Waals surface area (Å²) in [6.07, 6.45) is 6.31. The molecule has 1 amide bonds. The van der Waals surface area contributed by atoms with E-state index >= 15 is 0 Å². The molecule has 0 saturated carbocycles. The third-order valence-corrected chi connectivity index (χ3v) is 3.54. The van der Waals surface area contributed by atoms with E-state index in [1.807, 2.05) is 24.3 Å². The van der Waals surface area contributed by atoms with Crippen molar-refractivity contribution in [1.29, 1.82) is 0 Å². The largest absolute Gasteiger partial charge is 0.492 e. The number of hydrogen-bond donors (Lipinski definition) is 2.